The first-order valence-electron chi connectivity index (χ1n) is 4.22. The normalized spacial score (nSPS) is 12.2. The molecule has 2 heterocycles. The molecule has 0 fully saturated rings. The van der Waals surface area contributed by atoms with Gasteiger partial charge in [0.15, 0.2) is 0 Å². The molecular formula is C9H9NO3S2. The van der Waals surface area contributed by atoms with Gasteiger partial charge in [-0.25, -0.2) is 0 Å². The Morgan fingerprint density at radius 3 is 2.67 bits per heavy atom. The number of fused-ring (bicyclic) bond motifs is 1. The molecule has 0 saturated carbocycles. The van der Waals surface area contributed by atoms with Gasteiger partial charge in [0.1, 0.15) is 4.90 Å². The second-order valence-corrected chi connectivity index (χ2v) is 5.60. The van der Waals surface area contributed by atoms with Gasteiger partial charge in [0.05, 0.1) is 0 Å². The van der Waals surface area contributed by atoms with E-state index >= 15 is 0 Å². The number of thiophene rings is 1. The van der Waals surface area contributed by atoms with Gasteiger partial charge in [-0.15, -0.1) is 11.3 Å². The number of aryl methyl sites for hydroxylation is 2. The molecule has 2 aromatic rings. The van der Waals surface area contributed by atoms with Crippen molar-refractivity contribution in [2.45, 2.75) is 18.7 Å². The van der Waals surface area contributed by atoms with Gasteiger partial charge in [0.25, 0.3) is 10.1 Å². The van der Waals surface area contributed by atoms with Gasteiger partial charge < -0.3 is 0 Å². The second kappa shape index (κ2) is 3.26. The van der Waals surface area contributed by atoms with Crippen LogP contribution in [0.1, 0.15) is 11.4 Å². The van der Waals surface area contributed by atoms with E-state index in [0.29, 0.717) is 11.1 Å². The SMILES string of the molecule is Cc1cc2scc(S(=O)(=O)O)c2c(C)n1. The van der Waals surface area contributed by atoms with Crippen LogP contribution in [0.4, 0.5) is 0 Å². The fraction of sp³-hybridized carbons (Fsp3) is 0.222. The largest absolute Gasteiger partial charge is 0.296 e. The molecule has 0 saturated heterocycles. The van der Waals surface area contributed by atoms with Crippen LogP contribution in [0.2, 0.25) is 0 Å². The van der Waals surface area contributed by atoms with E-state index < -0.39 is 10.1 Å². The van der Waals surface area contributed by atoms with Crippen molar-refractivity contribution >= 4 is 31.5 Å². The molecule has 2 aromatic heterocycles. The van der Waals surface area contributed by atoms with Crippen LogP contribution in [0.25, 0.3) is 10.1 Å². The summed E-state index contributed by atoms with van der Waals surface area (Å²) in [4.78, 5) is 4.13. The molecule has 0 bridgehead atoms. The number of rotatable bonds is 1. The van der Waals surface area contributed by atoms with Crippen LogP contribution in [0, 0.1) is 13.8 Å². The molecule has 0 spiro atoms. The molecule has 0 aliphatic heterocycles. The Morgan fingerprint density at radius 2 is 2.07 bits per heavy atom. The van der Waals surface area contributed by atoms with Gasteiger partial charge in [-0.05, 0) is 19.9 Å². The van der Waals surface area contributed by atoms with Gasteiger partial charge in [-0.2, -0.15) is 8.42 Å². The lowest BCUT2D eigenvalue weighted by molar-refractivity contribution is 0.484. The zero-order valence-electron chi connectivity index (χ0n) is 8.18. The van der Waals surface area contributed by atoms with Gasteiger partial charge in [-0.3, -0.25) is 9.54 Å². The highest BCUT2D eigenvalue weighted by Gasteiger charge is 2.18. The molecule has 0 radical (unpaired) electrons. The van der Waals surface area contributed by atoms with Crippen molar-refractivity contribution in [3.05, 3.63) is 22.8 Å². The van der Waals surface area contributed by atoms with E-state index in [-0.39, 0.29) is 4.90 Å². The molecule has 2 rings (SSSR count). The predicted molar refractivity (Wildman–Crippen MR) is 58.9 cm³/mol. The minimum absolute atomic E-state index is 0.0486. The Hall–Kier alpha value is -0.980. The van der Waals surface area contributed by atoms with Gasteiger partial charge in [0, 0.05) is 26.9 Å². The third-order valence-corrected chi connectivity index (χ3v) is 4.07. The van der Waals surface area contributed by atoms with E-state index in [1.165, 1.54) is 16.7 Å². The second-order valence-electron chi connectivity index (χ2n) is 3.30. The number of nitrogens with zero attached hydrogens (tertiary/aromatic N) is 1. The highest BCUT2D eigenvalue weighted by molar-refractivity contribution is 7.86. The monoisotopic (exact) mass is 243 g/mol. The summed E-state index contributed by atoms with van der Waals surface area (Å²) in [6, 6.07) is 1.81. The molecule has 0 aromatic carbocycles. The van der Waals surface area contributed by atoms with Crippen LogP contribution in [-0.2, 0) is 10.1 Å². The predicted octanol–water partition coefficient (Wildman–Crippen LogP) is 2.16. The molecule has 0 aliphatic carbocycles. The molecule has 80 valence electrons. The summed E-state index contributed by atoms with van der Waals surface area (Å²) >= 11 is 1.29. The van der Waals surface area contributed by atoms with Crippen molar-refractivity contribution < 1.29 is 13.0 Å². The number of aromatic nitrogens is 1. The Kier molecular flexibility index (Phi) is 2.29. The maximum atomic E-state index is 11.1. The summed E-state index contributed by atoms with van der Waals surface area (Å²) < 4.78 is 32.0. The van der Waals surface area contributed by atoms with E-state index in [0.717, 1.165) is 10.4 Å². The summed E-state index contributed by atoms with van der Waals surface area (Å²) in [5.41, 5.74) is 1.46. The average molecular weight is 243 g/mol. The van der Waals surface area contributed by atoms with Crippen LogP contribution in [0.15, 0.2) is 16.3 Å². The van der Waals surface area contributed by atoms with Crippen molar-refractivity contribution in [2.75, 3.05) is 0 Å². The summed E-state index contributed by atoms with van der Waals surface area (Å²) in [5, 5.41) is 1.96. The summed E-state index contributed by atoms with van der Waals surface area (Å²) in [6.45, 7) is 3.58. The van der Waals surface area contributed by atoms with Crippen LogP contribution in [-0.4, -0.2) is 18.0 Å². The third-order valence-electron chi connectivity index (χ3n) is 2.11. The lowest BCUT2D eigenvalue weighted by atomic mass is 10.2. The number of hydrogen-bond donors (Lipinski definition) is 1. The van der Waals surface area contributed by atoms with E-state index in [9.17, 15) is 8.42 Å². The molecule has 0 amide bonds. The lowest BCUT2D eigenvalue weighted by Crippen LogP contribution is -1.98. The van der Waals surface area contributed by atoms with E-state index in [1.54, 1.807) is 6.92 Å². The topological polar surface area (TPSA) is 67.3 Å². The van der Waals surface area contributed by atoms with Crippen LogP contribution >= 0.6 is 11.3 Å². The molecule has 6 heteroatoms. The quantitative estimate of drug-likeness (QED) is 0.779. The molecule has 1 N–H and O–H groups in total. The molecule has 0 unspecified atom stereocenters. The van der Waals surface area contributed by atoms with Gasteiger partial charge in [0.2, 0.25) is 0 Å². The fourth-order valence-corrected chi connectivity index (χ4v) is 3.73. The molecule has 0 atom stereocenters. The summed E-state index contributed by atoms with van der Waals surface area (Å²) in [6.07, 6.45) is 0. The van der Waals surface area contributed by atoms with Crippen molar-refractivity contribution in [3.8, 4) is 0 Å². The van der Waals surface area contributed by atoms with E-state index in [1.807, 2.05) is 13.0 Å². The summed E-state index contributed by atoms with van der Waals surface area (Å²) in [7, 11) is -4.15. The fourth-order valence-electron chi connectivity index (χ4n) is 1.55. The van der Waals surface area contributed by atoms with Crippen molar-refractivity contribution in [1.29, 1.82) is 0 Å². The van der Waals surface area contributed by atoms with Crippen molar-refractivity contribution in [1.82, 2.24) is 4.98 Å². The Bertz CT molecular complexity index is 628. The first-order valence-corrected chi connectivity index (χ1v) is 6.54. The Morgan fingerprint density at radius 1 is 1.40 bits per heavy atom. The van der Waals surface area contributed by atoms with Gasteiger partial charge in [-0.1, -0.05) is 0 Å². The zero-order chi connectivity index (χ0) is 11.2. The minimum Gasteiger partial charge on any atom is -0.282 e. The minimum atomic E-state index is -4.15. The molecule has 15 heavy (non-hydrogen) atoms. The van der Waals surface area contributed by atoms with Crippen molar-refractivity contribution in [3.63, 3.8) is 0 Å². The first-order chi connectivity index (χ1) is 6.89. The number of hydrogen-bond acceptors (Lipinski definition) is 4. The smallest absolute Gasteiger partial charge is 0.282 e. The highest BCUT2D eigenvalue weighted by Crippen LogP contribution is 2.31. The van der Waals surface area contributed by atoms with Crippen molar-refractivity contribution in [2.24, 2.45) is 0 Å². The maximum absolute atomic E-state index is 11.1. The molecule has 4 nitrogen and oxygen atoms in total. The lowest BCUT2D eigenvalue weighted by Gasteiger charge is -2.00. The number of pyridine rings is 1. The Balaban J connectivity index is 2.93. The molecular weight excluding hydrogens is 234 g/mol. The van der Waals surface area contributed by atoms with E-state index in [2.05, 4.69) is 4.98 Å². The highest BCUT2D eigenvalue weighted by atomic mass is 32.2. The van der Waals surface area contributed by atoms with Crippen LogP contribution in [0.3, 0.4) is 0 Å². The van der Waals surface area contributed by atoms with Gasteiger partial charge >= 0.3 is 0 Å². The maximum Gasteiger partial charge on any atom is 0.296 e. The average Bonchev–Trinajstić information content (AvgIpc) is 2.45. The first kappa shape index (κ1) is 10.5. The third kappa shape index (κ3) is 1.75. The molecule has 0 aliphatic rings. The van der Waals surface area contributed by atoms with Crippen LogP contribution < -0.4 is 0 Å². The standard InChI is InChI=1S/C9H9NO3S2/c1-5-3-7-9(6(2)10-5)8(4-14-7)15(11,12)13/h3-4H,1-2H3,(H,11,12,13). The summed E-state index contributed by atoms with van der Waals surface area (Å²) in [5.74, 6) is 0. The zero-order valence-corrected chi connectivity index (χ0v) is 9.82. The van der Waals surface area contributed by atoms with E-state index in [4.69, 9.17) is 4.55 Å². The van der Waals surface area contributed by atoms with Crippen LogP contribution in [0.5, 0.6) is 0 Å². The Labute approximate surface area is 91.3 Å².